The Hall–Kier alpha value is -0.490. The predicted octanol–water partition coefficient (Wildman–Crippen LogP) is 4.58. The summed E-state index contributed by atoms with van der Waals surface area (Å²) < 4.78 is 0. The molecular formula is C16H21Cl. The lowest BCUT2D eigenvalue weighted by atomic mass is 9.84. The standard InChI is InChI=1S/C16H21Cl/c1-11-3-2-4-12(7-11)10-16(17)15-9-13-5-6-14(15)8-13/h2-4,7,13-16H,5-6,8-10H2,1H3. The van der Waals surface area contributed by atoms with Gasteiger partial charge < -0.3 is 0 Å². The first-order chi connectivity index (χ1) is 8.22. The van der Waals surface area contributed by atoms with E-state index >= 15 is 0 Å². The summed E-state index contributed by atoms with van der Waals surface area (Å²) in [6, 6.07) is 8.80. The molecule has 4 atom stereocenters. The predicted molar refractivity (Wildman–Crippen MR) is 73.5 cm³/mol. The highest BCUT2D eigenvalue weighted by molar-refractivity contribution is 6.21. The molecular weight excluding hydrogens is 228 g/mol. The van der Waals surface area contributed by atoms with E-state index in [1.54, 1.807) is 0 Å². The van der Waals surface area contributed by atoms with Crippen LogP contribution in [0.2, 0.25) is 0 Å². The van der Waals surface area contributed by atoms with Crippen LogP contribution in [-0.2, 0) is 6.42 Å². The number of alkyl halides is 1. The van der Waals surface area contributed by atoms with Gasteiger partial charge in [0.25, 0.3) is 0 Å². The summed E-state index contributed by atoms with van der Waals surface area (Å²) >= 11 is 6.67. The van der Waals surface area contributed by atoms with E-state index in [0.717, 1.165) is 24.2 Å². The van der Waals surface area contributed by atoms with Gasteiger partial charge in [-0.05, 0) is 55.9 Å². The van der Waals surface area contributed by atoms with Gasteiger partial charge in [0.05, 0.1) is 0 Å². The monoisotopic (exact) mass is 248 g/mol. The highest BCUT2D eigenvalue weighted by Crippen LogP contribution is 2.50. The normalized spacial score (nSPS) is 32.9. The minimum absolute atomic E-state index is 0.354. The van der Waals surface area contributed by atoms with Crippen LogP contribution < -0.4 is 0 Å². The molecule has 0 saturated heterocycles. The first-order valence-corrected chi connectivity index (χ1v) is 7.35. The fourth-order valence-corrected chi connectivity index (χ4v) is 4.44. The molecule has 4 unspecified atom stereocenters. The van der Waals surface area contributed by atoms with Crippen LogP contribution in [0.25, 0.3) is 0 Å². The molecule has 0 spiro atoms. The topological polar surface area (TPSA) is 0 Å². The van der Waals surface area contributed by atoms with Crippen molar-refractivity contribution >= 4 is 11.6 Å². The van der Waals surface area contributed by atoms with E-state index in [2.05, 4.69) is 31.2 Å². The molecule has 2 aliphatic carbocycles. The van der Waals surface area contributed by atoms with Gasteiger partial charge in [0.1, 0.15) is 0 Å². The van der Waals surface area contributed by atoms with E-state index < -0.39 is 0 Å². The number of fused-ring (bicyclic) bond motifs is 2. The van der Waals surface area contributed by atoms with Crippen molar-refractivity contribution in [1.29, 1.82) is 0 Å². The summed E-state index contributed by atoms with van der Waals surface area (Å²) in [5, 5.41) is 0.354. The largest absolute Gasteiger partial charge is 0.122 e. The lowest BCUT2D eigenvalue weighted by molar-refractivity contribution is 0.319. The zero-order valence-electron chi connectivity index (χ0n) is 10.5. The molecule has 0 aliphatic heterocycles. The van der Waals surface area contributed by atoms with Gasteiger partial charge in [-0.2, -0.15) is 0 Å². The van der Waals surface area contributed by atoms with Gasteiger partial charge >= 0.3 is 0 Å². The van der Waals surface area contributed by atoms with Crippen LogP contribution in [0.5, 0.6) is 0 Å². The first kappa shape index (κ1) is 11.6. The molecule has 0 amide bonds. The van der Waals surface area contributed by atoms with Crippen molar-refractivity contribution in [3.8, 4) is 0 Å². The summed E-state index contributed by atoms with van der Waals surface area (Å²) in [4.78, 5) is 0. The van der Waals surface area contributed by atoms with E-state index in [1.807, 2.05) is 0 Å². The molecule has 0 heterocycles. The van der Waals surface area contributed by atoms with Gasteiger partial charge in [-0.3, -0.25) is 0 Å². The molecule has 1 heteroatoms. The van der Waals surface area contributed by atoms with Gasteiger partial charge in [-0.1, -0.05) is 36.2 Å². The quantitative estimate of drug-likeness (QED) is 0.687. The molecule has 1 aromatic rings. The Morgan fingerprint density at radius 3 is 2.82 bits per heavy atom. The van der Waals surface area contributed by atoms with Gasteiger partial charge in [-0.15, -0.1) is 11.6 Å². The summed E-state index contributed by atoms with van der Waals surface area (Å²) in [5.74, 6) is 2.73. The third-order valence-corrected chi connectivity index (χ3v) is 5.25. The van der Waals surface area contributed by atoms with E-state index in [-0.39, 0.29) is 0 Å². The zero-order valence-corrected chi connectivity index (χ0v) is 11.3. The Morgan fingerprint density at radius 2 is 2.18 bits per heavy atom. The van der Waals surface area contributed by atoms with Gasteiger partial charge in [-0.25, -0.2) is 0 Å². The highest BCUT2D eigenvalue weighted by atomic mass is 35.5. The lowest BCUT2D eigenvalue weighted by Crippen LogP contribution is -2.23. The maximum absolute atomic E-state index is 6.67. The molecule has 0 N–H and O–H groups in total. The van der Waals surface area contributed by atoms with Crippen LogP contribution in [0.1, 0.15) is 36.8 Å². The van der Waals surface area contributed by atoms with Crippen LogP contribution >= 0.6 is 11.6 Å². The van der Waals surface area contributed by atoms with Gasteiger partial charge in [0.2, 0.25) is 0 Å². The van der Waals surface area contributed by atoms with E-state index in [0.29, 0.717) is 5.38 Å². The Balaban J connectivity index is 1.65. The van der Waals surface area contributed by atoms with Crippen molar-refractivity contribution in [3.05, 3.63) is 35.4 Å². The Labute approximate surface area is 109 Å². The molecule has 2 saturated carbocycles. The fourth-order valence-electron chi connectivity index (χ4n) is 3.95. The second-order valence-corrected chi connectivity index (χ2v) is 6.61. The maximum Gasteiger partial charge on any atom is 0.0407 e. The van der Waals surface area contributed by atoms with E-state index in [9.17, 15) is 0 Å². The second kappa shape index (κ2) is 4.65. The average Bonchev–Trinajstić information content (AvgIpc) is 2.90. The molecule has 17 heavy (non-hydrogen) atoms. The number of hydrogen-bond acceptors (Lipinski definition) is 0. The number of benzene rings is 1. The zero-order chi connectivity index (χ0) is 11.8. The highest BCUT2D eigenvalue weighted by Gasteiger charge is 2.42. The summed E-state index contributed by atoms with van der Waals surface area (Å²) in [6.45, 7) is 2.16. The van der Waals surface area contributed by atoms with E-state index in [4.69, 9.17) is 11.6 Å². The van der Waals surface area contributed by atoms with Crippen molar-refractivity contribution in [2.75, 3.05) is 0 Å². The molecule has 0 radical (unpaired) electrons. The van der Waals surface area contributed by atoms with Crippen molar-refractivity contribution in [1.82, 2.24) is 0 Å². The van der Waals surface area contributed by atoms with Gasteiger partial charge in [0, 0.05) is 5.38 Å². The molecule has 1 aromatic carbocycles. The second-order valence-electron chi connectivity index (χ2n) is 6.05. The number of rotatable bonds is 3. The molecule has 0 aromatic heterocycles. The smallest absolute Gasteiger partial charge is 0.0407 e. The van der Waals surface area contributed by atoms with E-state index in [1.165, 1.54) is 36.8 Å². The third kappa shape index (κ3) is 2.38. The Kier molecular flexibility index (Phi) is 3.17. The van der Waals surface area contributed by atoms with Crippen LogP contribution in [0.3, 0.4) is 0 Å². The van der Waals surface area contributed by atoms with Crippen LogP contribution in [0.4, 0.5) is 0 Å². The van der Waals surface area contributed by atoms with Crippen LogP contribution in [0.15, 0.2) is 24.3 Å². The minimum atomic E-state index is 0.354. The molecule has 0 nitrogen and oxygen atoms in total. The van der Waals surface area contributed by atoms with Crippen molar-refractivity contribution in [2.24, 2.45) is 17.8 Å². The fraction of sp³-hybridized carbons (Fsp3) is 0.625. The minimum Gasteiger partial charge on any atom is -0.122 e. The van der Waals surface area contributed by atoms with Crippen molar-refractivity contribution in [3.63, 3.8) is 0 Å². The summed E-state index contributed by atoms with van der Waals surface area (Å²) in [6.07, 6.45) is 6.81. The number of hydrogen-bond donors (Lipinski definition) is 0. The number of aryl methyl sites for hydroxylation is 1. The molecule has 2 aliphatic rings. The lowest BCUT2D eigenvalue weighted by Gasteiger charge is -2.26. The average molecular weight is 249 g/mol. The summed E-state index contributed by atoms with van der Waals surface area (Å²) in [5.41, 5.74) is 2.76. The first-order valence-electron chi connectivity index (χ1n) is 6.92. The molecule has 3 rings (SSSR count). The maximum atomic E-state index is 6.67. The Bertz CT molecular complexity index is 398. The molecule has 92 valence electrons. The SMILES string of the molecule is Cc1cccc(CC(Cl)C2CC3CCC2C3)c1. The Morgan fingerprint density at radius 1 is 1.29 bits per heavy atom. The molecule has 2 fully saturated rings. The van der Waals surface area contributed by atoms with Crippen molar-refractivity contribution in [2.45, 2.75) is 44.4 Å². The summed E-state index contributed by atoms with van der Waals surface area (Å²) in [7, 11) is 0. The van der Waals surface area contributed by atoms with Crippen LogP contribution in [0, 0.1) is 24.7 Å². The molecule has 2 bridgehead atoms. The van der Waals surface area contributed by atoms with Gasteiger partial charge in [0.15, 0.2) is 0 Å². The van der Waals surface area contributed by atoms with Crippen molar-refractivity contribution < 1.29 is 0 Å². The third-order valence-electron chi connectivity index (χ3n) is 4.77. The number of halogens is 1. The van der Waals surface area contributed by atoms with Crippen LogP contribution in [-0.4, -0.2) is 5.38 Å².